The Bertz CT molecular complexity index is 819. The van der Waals surface area contributed by atoms with Crippen LogP contribution in [-0.2, 0) is 20.9 Å². The van der Waals surface area contributed by atoms with Crippen LogP contribution in [0.5, 0.6) is 0 Å². The lowest BCUT2D eigenvalue weighted by atomic mass is 9.79. The summed E-state index contributed by atoms with van der Waals surface area (Å²) in [5, 5.41) is 30.1. The highest BCUT2D eigenvalue weighted by Crippen LogP contribution is 2.50. The van der Waals surface area contributed by atoms with Crippen LogP contribution in [0.15, 0.2) is 21.5 Å². The highest BCUT2D eigenvalue weighted by molar-refractivity contribution is 8.06. The number of hydrogen-bond acceptors (Lipinski definition) is 8. The number of aliphatic hydroxyl groups excluding tert-OH is 2. The Morgan fingerprint density at radius 3 is 2.93 bits per heavy atom. The molecule has 1 saturated heterocycles. The van der Waals surface area contributed by atoms with E-state index in [0.29, 0.717) is 4.91 Å². The zero-order valence-electron chi connectivity index (χ0n) is 15.4. The molecule has 0 unspecified atom stereocenters. The Hall–Kier alpha value is -1.72. The van der Waals surface area contributed by atoms with Crippen molar-refractivity contribution >= 4 is 41.1 Å². The van der Waals surface area contributed by atoms with Crippen molar-refractivity contribution in [2.45, 2.75) is 32.6 Å². The number of aliphatic hydroxyl groups is 2. The highest BCUT2D eigenvalue weighted by atomic mass is 32.2. The van der Waals surface area contributed by atoms with Gasteiger partial charge in [-0.15, -0.1) is 11.3 Å². The van der Waals surface area contributed by atoms with E-state index >= 15 is 0 Å². The van der Waals surface area contributed by atoms with Gasteiger partial charge in [0.05, 0.1) is 54.0 Å². The van der Waals surface area contributed by atoms with Crippen LogP contribution in [0.25, 0.3) is 6.08 Å². The first kappa shape index (κ1) is 21.0. The number of carboxylic acid groups (broad SMARTS) is 1. The summed E-state index contributed by atoms with van der Waals surface area (Å²) in [5.74, 6) is -2.22. The first-order valence-electron chi connectivity index (χ1n) is 8.81. The monoisotopic (exact) mass is 426 g/mol. The number of carbonyl (C=O) groups is 2. The van der Waals surface area contributed by atoms with Crippen LogP contribution in [0.3, 0.4) is 0 Å². The molecule has 2 aliphatic rings. The van der Waals surface area contributed by atoms with E-state index in [1.807, 2.05) is 13.0 Å². The van der Waals surface area contributed by atoms with Gasteiger partial charge in [-0.25, -0.2) is 9.78 Å². The van der Waals surface area contributed by atoms with Crippen LogP contribution >= 0.6 is 23.1 Å². The van der Waals surface area contributed by atoms with Gasteiger partial charge in [0, 0.05) is 10.8 Å². The van der Waals surface area contributed by atoms with Crippen molar-refractivity contribution < 1.29 is 29.6 Å². The molecule has 1 amide bonds. The molecule has 0 spiro atoms. The third-order valence-electron chi connectivity index (χ3n) is 4.87. The van der Waals surface area contributed by atoms with Crippen LogP contribution in [0.2, 0.25) is 0 Å². The van der Waals surface area contributed by atoms with E-state index in [4.69, 9.17) is 9.84 Å². The molecule has 152 valence electrons. The van der Waals surface area contributed by atoms with E-state index in [-0.39, 0.29) is 43.4 Å². The number of thioether (sulfide) groups is 1. The van der Waals surface area contributed by atoms with Crippen LogP contribution < -0.4 is 0 Å². The molecule has 1 aromatic rings. The van der Waals surface area contributed by atoms with Crippen molar-refractivity contribution in [3.8, 4) is 0 Å². The van der Waals surface area contributed by atoms with Crippen molar-refractivity contribution in [1.82, 2.24) is 9.88 Å². The van der Waals surface area contributed by atoms with Crippen LogP contribution in [0.1, 0.15) is 24.4 Å². The zero-order valence-corrected chi connectivity index (χ0v) is 17.1. The lowest BCUT2D eigenvalue weighted by molar-refractivity contribution is -0.163. The first-order chi connectivity index (χ1) is 13.4. The standard InChI is InChI=1S/C18H22N2O6S2/c1-9-14-13(10(2)22)17(23)20(14)15(18(24)25)16(9)27-6-3-12-11(19-8-28-12)7-26-5-4-21/h3,6,8-10,13-14,21-22H,4-5,7H2,1-2H3,(H,24,25)/b6-3-/t9-,10-,13-,14-/m1/s1. The maximum atomic E-state index is 12.3. The minimum absolute atomic E-state index is 0.00450. The number of hydrogen-bond donors (Lipinski definition) is 3. The topological polar surface area (TPSA) is 120 Å². The van der Waals surface area contributed by atoms with Gasteiger partial charge in [0.1, 0.15) is 5.70 Å². The predicted molar refractivity (Wildman–Crippen MR) is 105 cm³/mol. The largest absolute Gasteiger partial charge is 0.477 e. The number of carbonyl (C=O) groups excluding carboxylic acids is 1. The molecule has 10 heteroatoms. The van der Waals surface area contributed by atoms with E-state index in [0.717, 1.165) is 10.6 Å². The van der Waals surface area contributed by atoms with Gasteiger partial charge in [-0.1, -0.05) is 18.7 Å². The molecule has 2 aliphatic heterocycles. The van der Waals surface area contributed by atoms with Gasteiger partial charge >= 0.3 is 5.97 Å². The van der Waals surface area contributed by atoms with Crippen LogP contribution in [-0.4, -0.2) is 62.4 Å². The molecule has 0 bridgehead atoms. The zero-order chi connectivity index (χ0) is 20.4. The molecule has 0 aliphatic carbocycles. The maximum absolute atomic E-state index is 12.3. The van der Waals surface area contributed by atoms with Gasteiger partial charge in [-0.2, -0.15) is 0 Å². The van der Waals surface area contributed by atoms with E-state index in [1.165, 1.54) is 28.0 Å². The van der Waals surface area contributed by atoms with Crippen molar-refractivity contribution in [3.63, 3.8) is 0 Å². The summed E-state index contributed by atoms with van der Waals surface area (Å²) < 4.78 is 5.29. The second-order valence-corrected chi connectivity index (χ2v) is 8.47. The van der Waals surface area contributed by atoms with Crippen molar-refractivity contribution in [1.29, 1.82) is 0 Å². The summed E-state index contributed by atoms with van der Waals surface area (Å²) in [6, 6.07) is -0.319. The minimum Gasteiger partial charge on any atom is -0.477 e. The van der Waals surface area contributed by atoms with Crippen molar-refractivity contribution in [2.75, 3.05) is 13.2 Å². The van der Waals surface area contributed by atoms with Gasteiger partial charge in [0.2, 0.25) is 5.91 Å². The Morgan fingerprint density at radius 1 is 1.54 bits per heavy atom. The van der Waals surface area contributed by atoms with Crippen LogP contribution in [0.4, 0.5) is 0 Å². The summed E-state index contributed by atoms with van der Waals surface area (Å²) >= 11 is 2.70. The number of amides is 1. The van der Waals surface area contributed by atoms with Gasteiger partial charge in [-0.3, -0.25) is 4.79 Å². The molecule has 3 N–H and O–H groups in total. The summed E-state index contributed by atoms with van der Waals surface area (Å²) in [7, 11) is 0. The summed E-state index contributed by atoms with van der Waals surface area (Å²) in [6.45, 7) is 3.90. The minimum atomic E-state index is -1.14. The molecule has 0 radical (unpaired) electrons. The molecule has 3 heterocycles. The van der Waals surface area contributed by atoms with Gasteiger partial charge < -0.3 is 25.0 Å². The third-order valence-corrected chi connectivity index (χ3v) is 6.80. The SMILES string of the molecule is C[C@@H](O)[C@H]1C(=O)N2C(C(=O)O)=C(S/C=C\c3scnc3COCCO)[C@H](C)[C@H]12. The third kappa shape index (κ3) is 3.74. The maximum Gasteiger partial charge on any atom is 0.353 e. The summed E-state index contributed by atoms with van der Waals surface area (Å²) in [4.78, 5) is 31.1. The Kier molecular flexibility index (Phi) is 6.56. The van der Waals surface area contributed by atoms with Crippen molar-refractivity contribution in [3.05, 3.63) is 32.1 Å². The first-order valence-corrected chi connectivity index (χ1v) is 10.6. The van der Waals surface area contributed by atoms with Crippen molar-refractivity contribution in [2.24, 2.45) is 11.8 Å². The second-order valence-electron chi connectivity index (χ2n) is 6.63. The smallest absolute Gasteiger partial charge is 0.353 e. The number of carboxylic acids is 1. The number of thiazole rings is 1. The fourth-order valence-corrected chi connectivity index (χ4v) is 5.38. The average molecular weight is 427 g/mol. The van der Waals surface area contributed by atoms with E-state index in [2.05, 4.69) is 4.98 Å². The molecule has 8 nitrogen and oxygen atoms in total. The Morgan fingerprint density at radius 2 is 2.29 bits per heavy atom. The normalized spacial score (nSPS) is 25.4. The Labute approximate surface area is 170 Å². The quantitative estimate of drug-likeness (QED) is 0.401. The summed E-state index contributed by atoms with van der Waals surface area (Å²) in [6.07, 6.45) is 1.02. The molecule has 0 aromatic carbocycles. The second kappa shape index (κ2) is 8.75. The van der Waals surface area contributed by atoms with E-state index in [9.17, 15) is 19.8 Å². The molecule has 1 aromatic heterocycles. The summed E-state index contributed by atoms with van der Waals surface area (Å²) in [5.41, 5.74) is 2.44. The number of aromatic nitrogens is 1. The van der Waals surface area contributed by atoms with Gasteiger partial charge in [0.15, 0.2) is 0 Å². The fraction of sp³-hybridized carbons (Fsp3) is 0.500. The predicted octanol–water partition coefficient (Wildman–Crippen LogP) is 1.51. The number of ether oxygens (including phenoxy) is 1. The van der Waals surface area contributed by atoms with Crippen LogP contribution in [0, 0.1) is 11.8 Å². The Balaban J connectivity index is 1.75. The molecule has 0 saturated carbocycles. The molecule has 3 rings (SSSR count). The van der Waals surface area contributed by atoms with E-state index in [1.54, 1.807) is 17.8 Å². The average Bonchev–Trinajstić information content (AvgIpc) is 3.16. The molecule has 4 atom stereocenters. The van der Waals surface area contributed by atoms with Gasteiger partial charge in [0.25, 0.3) is 0 Å². The molecule has 28 heavy (non-hydrogen) atoms. The van der Waals surface area contributed by atoms with E-state index < -0.39 is 18.0 Å². The lowest BCUT2D eigenvalue weighted by Gasteiger charge is -2.46. The number of aliphatic carboxylic acids is 1. The number of nitrogens with zero attached hydrogens (tertiary/aromatic N) is 2. The van der Waals surface area contributed by atoms with Gasteiger partial charge in [-0.05, 0) is 18.4 Å². The fourth-order valence-electron chi connectivity index (χ4n) is 3.60. The number of β-lactam (4-membered cyclic amide) rings is 1. The molecular weight excluding hydrogens is 404 g/mol. The number of fused-ring (bicyclic) bond motifs is 1. The number of rotatable bonds is 9. The molecule has 1 fully saturated rings. The molecular formula is C18H22N2O6S2. The lowest BCUT2D eigenvalue weighted by Crippen LogP contribution is -2.63. The highest BCUT2D eigenvalue weighted by Gasteiger charge is 2.59.